The number of hydrogen-bond acceptors (Lipinski definition) is 3. The van der Waals surface area contributed by atoms with E-state index in [9.17, 15) is 0 Å². The van der Waals surface area contributed by atoms with Gasteiger partial charge in [-0.3, -0.25) is 4.90 Å². The molecule has 2 N–H and O–H groups in total. The highest BCUT2D eigenvalue weighted by molar-refractivity contribution is 7.80. The Balaban J connectivity index is 1.62. The predicted molar refractivity (Wildman–Crippen MR) is 109 cm³/mol. The summed E-state index contributed by atoms with van der Waals surface area (Å²) in [4.78, 5) is 2.62. The SMILES string of the molecule is Cc1c(Cl)cccc1NC(=S)NCC1(N2CCOCC2)CCCCC1. The Labute approximate surface area is 161 Å². The number of anilines is 1. The zero-order valence-electron chi connectivity index (χ0n) is 14.9. The van der Waals surface area contributed by atoms with Crippen LogP contribution in [-0.2, 0) is 4.74 Å². The summed E-state index contributed by atoms with van der Waals surface area (Å²) in [6, 6.07) is 5.85. The molecule has 3 rings (SSSR count). The average molecular weight is 382 g/mol. The molecule has 25 heavy (non-hydrogen) atoms. The Hall–Kier alpha value is -0.880. The molecule has 6 heteroatoms. The van der Waals surface area contributed by atoms with Crippen molar-refractivity contribution in [2.24, 2.45) is 0 Å². The number of thiocarbonyl (C=S) groups is 1. The molecule has 1 aliphatic heterocycles. The van der Waals surface area contributed by atoms with Crippen molar-refractivity contribution >= 4 is 34.6 Å². The van der Waals surface area contributed by atoms with Gasteiger partial charge in [0.05, 0.1) is 13.2 Å². The van der Waals surface area contributed by atoms with E-state index in [2.05, 4.69) is 15.5 Å². The molecular formula is C19H28ClN3OS. The van der Waals surface area contributed by atoms with Crippen LogP contribution in [0.2, 0.25) is 5.02 Å². The average Bonchev–Trinajstić information content (AvgIpc) is 2.65. The molecule has 1 saturated carbocycles. The standard InChI is InChI=1S/C19H28ClN3OS/c1-15-16(20)6-5-7-17(15)22-18(25)21-14-19(8-3-2-4-9-19)23-10-12-24-13-11-23/h5-7H,2-4,8-14H2,1H3,(H2,21,22,25). The van der Waals surface area contributed by atoms with Crippen LogP contribution in [-0.4, -0.2) is 48.4 Å². The number of rotatable bonds is 4. The largest absolute Gasteiger partial charge is 0.379 e. The summed E-state index contributed by atoms with van der Waals surface area (Å²) < 4.78 is 5.55. The lowest BCUT2D eigenvalue weighted by Gasteiger charge is -2.48. The van der Waals surface area contributed by atoms with Crippen molar-refractivity contribution in [3.8, 4) is 0 Å². The third-order valence-corrected chi connectivity index (χ3v) is 6.22. The van der Waals surface area contributed by atoms with Crippen LogP contribution < -0.4 is 10.6 Å². The lowest BCUT2D eigenvalue weighted by atomic mass is 9.80. The fourth-order valence-electron chi connectivity index (χ4n) is 4.01. The van der Waals surface area contributed by atoms with Gasteiger partial charge in [-0.05, 0) is 49.7 Å². The lowest BCUT2D eigenvalue weighted by molar-refractivity contribution is -0.0351. The number of halogens is 1. The second-order valence-corrected chi connectivity index (χ2v) is 7.92. The van der Waals surface area contributed by atoms with Gasteiger partial charge in [0.2, 0.25) is 0 Å². The quantitative estimate of drug-likeness (QED) is 0.772. The smallest absolute Gasteiger partial charge is 0.170 e. The number of benzene rings is 1. The van der Waals surface area contributed by atoms with Crippen LogP contribution >= 0.6 is 23.8 Å². The monoisotopic (exact) mass is 381 g/mol. The molecule has 0 atom stereocenters. The third kappa shape index (κ3) is 4.64. The minimum Gasteiger partial charge on any atom is -0.379 e. The molecule has 4 nitrogen and oxygen atoms in total. The molecule has 0 spiro atoms. The van der Waals surface area contributed by atoms with Crippen LogP contribution in [0, 0.1) is 6.92 Å². The normalized spacial score (nSPS) is 20.9. The second-order valence-electron chi connectivity index (χ2n) is 7.10. The Kier molecular flexibility index (Phi) is 6.55. The van der Waals surface area contributed by atoms with E-state index in [-0.39, 0.29) is 5.54 Å². The predicted octanol–water partition coefficient (Wildman–Crippen LogP) is 3.97. The van der Waals surface area contributed by atoms with Crippen LogP contribution in [0.25, 0.3) is 0 Å². The number of nitrogens with one attached hydrogen (secondary N) is 2. The Morgan fingerprint density at radius 2 is 1.96 bits per heavy atom. The number of morpholine rings is 1. The van der Waals surface area contributed by atoms with E-state index in [4.69, 9.17) is 28.6 Å². The number of hydrogen-bond donors (Lipinski definition) is 2. The van der Waals surface area contributed by atoms with Crippen molar-refractivity contribution in [3.63, 3.8) is 0 Å². The van der Waals surface area contributed by atoms with Crippen molar-refractivity contribution in [1.29, 1.82) is 0 Å². The molecule has 2 fully saturated rings. The van der Waals surface area contributed by atoms with E-state index in [1.807, 2.05) is 25.1 Å². The van der Waals surface area contributed by atoms with Gasteiger partial charge >= 0.3 is 0 Å². The molecule has 2 aliphatic rings. The van der Waals surface area contributed by atoms with Gasteiger partial charge in [-0.25, -0.2) is 0 Å². The molecule has 1 aromatic rings. The highest BCUT2D eigenvalue weighted by Crippen LogP contribution is 2.34. The van der Waals surface area contributed by atoms with Crippen LogP contribution in [0.15, 0.2) is 18.2 Å². The van der Waals surface area contributed by atoms with E-state index in [1.54, 1.807) is 0 Å². The van der Waals surface area contributed by atoms with Crippen LogP contribution in [0.5, 0.6) is 0 Å². The van der Waals surface area contributed by atoms with Gasteiger partial charge in [-0.2, -0.15) is 0 Å². The highest BCUT2D eigenvalue weighted by atomic mass is 35.5. The Bertz CT molecular complexity index is 598. The highest BCUT2D eigenvalue weighted by Gasteiger charge is 2.38. The Morgan fingerprint density at radius 1 is 1.24 bits per heavy atom. The summed E-state index contributed by atoms with van der Waals surface area (Å²) >= 11 is 11.7. The molecule has 1 aliphatic carbocycles. The first-order valence-corrected chi connectivity index (χ1v) is 10.0. The molecule has 0 aromatic heterocycles. The fourth-order valence-corrected chi connectivity index (χ4v) is 4.36. The summed E-state index contributed by atoms with van der Waals surface area (Å²) in [7, 11) is 0. The zero-order valence-corrected chi connectivity index (χ0v) is 16.5. The minimum absolute atomic E-state index is 0.206. The molecule has 1 saturated heterocycles. The zero-order chi connectivity index (χ0) is 17.7. The molecule has 138 valence electrons. The number of ether oxygens (including phenoxy) is 1. The van der Waals surface area contributed by atoms with Crippen molar-refractivity contribution in [2.45, 2.75) is 44.6 Å². The van der Waals surface area contributed by atoms with Crippen LogP contribution in [0.1, 0.15) is 37.7 Å². The van der Waals surface area contributed by atoms with Gasteiger partial charge in [0.1, 0.15) is 0 Å². The first-order valence-electron chi connectivity index (χ1n) is 9.23. The van der Waals surface area contributed by atoms with Gasteiger partial charge in [-0.15, -0.1) is 0 Å². The van der Waals surface area contributed by atoms with E-state index in [0.717, 1.165) is 49.1 Å². The third-order valence-electron chi connectivity index (χ3n) is 5.56. The molecule has 0 bridgehead atoms. The Morgan fingerprint density at radius 3 is 2.68 bits per heavy atom. The van der Waals surface area contributed by atoms with Crippen molar-refractivity contribution < 1.29 is 4.74 Å². The maximum absolute atomic E-state index is 6.20. The first-order chi connectivity index (χ1) is 12.1. The summed E-state index contributed by atoms with van der Waals surface area (Å²) in [6.07, 6.45) is 6.41. The second kappa shape index (κ2) is 8.67. The molecule has 0 unspecified atom stereocenters. The summed E-state index contributed by atoms with van der Waals surface area (Å²) in [5.74, 6) is 0. The fraction of sp³-hybridized carbons (Fsp3) is 0.632. The molecule has 0 radical (unpaired) electrons. The topological polar surface area (TPSA) is 36.5 Å². The van der Waals surface area contributed by atoms with Gasteiger partial charge < -0.3 is 15.4 Å². The summed E-state index contributed by atoms with van der Waals surface area (Å²) in [5.41, 5.74) is 2.19. The van der Waals surface area contributed by atoms with Gasteiger partial charge in [-0.1, -0.05) is 36.9 Å². The molecule has 1 heterocycles. The van der Waals surface area contributed by atoms with Crippen LogP contribution in [0.4, 0.5) is 5.69 Å². The number of nitrogens with zero attached hydrogens (tertiary/aromatic N) is 1. The molecule has 0 amide bonds. The van der Waals surface area contributed by atoms with Gasteiger partial charge in [0.15, 0.2) is 5.11 Å². The summed E-state index contributed by atoms with van der Waals surface area (Å²) in [5, 5.41) is 8.21. The van der Waals surface area contributed by atoms with Crippen LogP contribution in [0.3, 0.4) is 0 Å². The van der Waals surface area contributed by atoms with E-state index >= 15 is 0 Å². The van der Waals surface area contributed by atoms with Gasteiger partial charge in [0.25, 0.3) is 0 Å². The molecular weight excluding hydrogens is 354 g/mol. The van der Waals surface area contributed by atoms with Crippen molar-refractivity contribution in [3.05, 3.63) is 28.8 Å². The minimum atomic E-state index is 0.206. The van der Waals surface area contributed by atoms with Gasteiger partial charge in [0, 0.05) is 35.9 Å². The maximum atomic E-state index is 6.20. The maximum Gasteiger partial charge on any atom is 0.170 e. The lowest BCUT2D eigenvalue weighted by Crippen LogP contribution is -2.60. The molecule has 1 aromatic carbocycles. The first kappa shape index (κ1) is 18.9. The van der Waals surface area contributed by atoms with Crippen molar-refractivity contribution in [2.75, 3.05) is 38.2 Å². The van der Waals surface area contributed by atoms with E-state index in [1.165, 1.54) is 32.1 Å². The summed E-state index contributed by atoms with van der Waals surface area (Å²) in [6.45, 7) is 6.62. The van der Waals surface area contributed by atoms with E-state index < -0.39 is 0 Å². The van der Waals surface area contributed by atoms with E-state index in [0.29, 0.717) is 5.11 Å². The van der Waals surface area contributed by atoms with Crippen molar-refractivity contribution in [1.82, 2.24) is 10.2 Å².